The van der Waals surface area contributed by atoms with Crippen LogP contribution in [0.3, 0.4) is 0 Å². The summed E-state index contributed by atoms with van der Waals surface area (Å²) in [5.41, 5.74) is -3.77. The van der Waals surface area contributed by atoms with Crippen LogP contribution in [0.15, 0.2) is 23.3 Å². The second kappa shape index (κ2) is 10.0. The van der Waals surface area contributed by atoms with E-state index in [1.165, 1.54) is 0 Å². The van der Waals surface area contributed by atoms with Gasteiger partial charge >= 0.3 is 12.4 Å². The van der Waals surface area contributed by atoms with E-state index in [2.05, 4.69) is 15.1 Å². The molecule has 16 heteroatoms. The number of H-pyrrole nitrogens is 1. The van der Waals surface area contributed by atoms with Crippen LogP contribution in [0, 0.1) is 0 Å². The number of amides is 1. The molecule has 1 atom stereocenters. The van der Waals surface area contributed by atoms with E-state index in [1.807, 2.05) is 5.10 Å². The molecule has 0 spiro atoms. The van der Waals surface area contributed by atoms with Gasteiger partial charge in [0.05, 0.1) is 37.1 Å². The lowest BCUT2D eigenvalue weighted by Gasteiger charge is -2.38. The minimum Gasteiger partial charge on any atom is -0.378 e. The Labute approximate surface area is 199 Å². The number of aromatic amines is 1. The molecule has 2 fully saturated rings. The van der Waals surface area contributed by atoms with E-state index >= 15 is 0 Å². The Morgan fingerprint density at radius 1 is 1.03 bits per heavy atom. The molecule has 2 aromatic heterocycles. The molecule has 0 aliphatic carbocycles. The van der Waals surface area contributed by atoms with Crippen LogP contribution < -0.4 is 10.5 Å². The maximum absolute atomic E-state index is 13.2. The van der Waals surface area contributed by atoms with Gasteiger partial charge in [-0.25, -0.2) is 15.1 Å². The zero-order valence-electron chi connectivity index (χ0n) is 18.6. The molecule has 10 nitrogen and oxygen atoms in total. The van der Waals surface area contributed by atoms with Gasteiger partial charge in [-0.1, -0.05) is 0 Å². The number of nitrogens with one attached hydrogen (secondary N) is 1. The summed E-state index contributed by atoms with van der Waals surface area (Å²) < 4.78 is 82.9. The number of aromatic nitrogens is 4. The fraction of sp³-hybridized carbons (Fsp3) is 0.550. The molecule has 0 radical (unpaired) electrons. The van der Waals surface area contributed by atoms with E-state index in [9.17, 15) is 35.9 Å². The Morgan fingerprint density at radius 2 is 1.69 bits per heavy atom. The van der Waals surface area contributed by atoms with E-state index in [1.54, 1.807) is 14.7 Å². The summed E-state index contributed by atoms with van der Waals surface area (Å²) in [6.45, 7) is 1.49. The second-order valence-corrected chi connectivity index (χ2v) is 8.23. The number of morpholine rings is 1. The summed E-state index contributed by atoms with van der Waals surface area (Å²) in [5, 5.41) is 5.59. The molecule has 2 saturated heterocycles. The van der Waals surface area contributed by atoms with Crippen molar-refractivity contribution in [1.29, 1.82) is 0 Å². The smallest absolute Gasteiger partial charge is 0.378 e. The highest BCUT2D eigenvalue weighted by atomic mass is 19.4. The summed E-state index contributed by atoms with van der Waals surface area (Å²) in [5.74, 6) is -0.164. The molecule has 0 aromatic carbocycles. The Hall–Kier alpha value is -3.27. The fourth-order valence-electron chi connectivity index (χ4n) is 3.96. The molecular weight excluding hydrogens is 500 g/mol. The predicted octanol–water partition coefficient (Wildman–Crippen LogP) is 1.32. The molecule has 196 valence electrons. The zero-order chi connectivity index (χ0) is 26.1. The Balaban J connectivity index is 1.38. The predicted molar refractivity (Wildman–Crippen MR) is 111 cm³/mol. The first kappa shape index (κ1) is 25.8. The summed E-state index contributed by atoms with van der Waals surface area (Å²) in [7, 11) is 0. The van der Waals surface area contributed by atoms with Gasteiger partial charge < -0.3 is 14.5 Å². The van der Waals surface area contributed by atoms with Gasteiger partial charge in [0.25, 0.3) is 5.56 Å². The number of rotatable bonds is 4. The summed E-state index contributed by atoms with van der Waals surface area (Å²) >= 11 is 0. The maximum Gasteiger partial charge on any atom is 0.421 e. The Kier molecular flexibility index (Phi) is 7.17. The van der Waals surface area contributed by atoms with Crippen molar-refractivity contribution >= 4 is 11.9 Å². The lowest BCUT2D eigenvalue weighted by Crippen LogP contribution is -2.53. The number of anilines is 1. The van der Waals surface area contributed by atoms with Gasteiger partial charge in [-0.15, -0.1) is 0 Å². The third kappa shape index (κ3) is 5.75. The van der Waals surface area contributed by atoms with Gasteiger partial charge in [-0.2, -0.15) is 31.4 Å². The van der Waals surface area contributed by atoms with Crippen LogP contribution >= 0.6 is 0 Å². The number of carbonyl (C=O) groups excluding carboxylic acids is 1. The van der Waals surface area contributed by atoms with Gasteiger partial charge in [0.2, 0.25) is 11.9 Å². The van der Waals surface area contributed by atoms with Crippen molar-refractivity contribution in [2.24, 2.45) is 0 Å². The minimum absolute atomic E-state index is 0.0113. The summed E-state index contributed by atoms with van der Waals surface area (Å²) in [6.07, 6.45) is -8.00. The first-order valence-corrected chi connectivity index (χ1v) is 10.8. The number of halogens is 6. The Bertz CT molecular complexity index is 1130. The minimum atomic E-state index is -4.86. The van der Waals surface area contributed by atoms with Gasteiger partial charge in [-0.3, -0.25) is 14.5 Å². The first-order chi connectivity index (χ1) is 16.9. The normalized spacial score (nSPS) is 20.0. The largest absolute Gasteiger partial charge is 0.421 e. The first-order valence-electron chi connectivity index (χ1n) is 10.8. The molecule has 4 heterocycles. The molecule has 0 bridgehead atoms. The van der Waals surface area contributed by atoms with Gasteiger partial charge in [0.1, 0.15) is 5.56 Å². The van der Waals surface area contributed by atoms with Crippen molar-refractivity contribution in [3.8, 4) is 0 Å². The van der Waals surface area contributed by atoms with E-state index in [-0.39, 0.29) is 56.9 Å². The number of nitrogens with zero attached hydrogens (tertiary/aromatic N) is 6. The average molecular weight is 521 g/mol. The van der Waals surface area contributed by atoms with Crippen LogP contribution in [0.5, 0.6) is 0 Å². The van der Waals surface area contributed by atoms with Crippen molar-refractivity contribution in [2.45, 2.75) is 18.4 Å². The fourth-order valence-corrected chi connectivity index (χ4v) is 3.96. The van der Waals surface area contributed by atoms with Crippen molar-refractivity contribution in [3.05, 3.63) is 45.6 Å². The Morgan fingerprint density at radius 3 is 2.31 bits per heavy atom. The molecule has 2 aliphatic heterocycles. The summed E-state index contributed by atoms with van der Waals surface area (Å²) in [6, 6.07) is -0.110. The topological polar surface area (TPSA) is 108 Å². The van der Waals surface area contributed by atoms with Crippen molar-refractivity contribution in [2.75, 3.05) is 57.4 Å². The molecule has 1 N–H and O–H groups in total. The van der Waals surface area contributed by atoms with Crippen LogP contribution in [0.2, 0.25) is 0 Å². The number of hydrogen-bond donors (Lipinski definition) is 1. The quantitative estimate of drug-likeness (QED) is 0.601. The molecule has 1 unspecified atom stereocenters. The molecular formula is C20H21F6N7O3. The number of carbonyl (C=O) groups is 1. The van der Waals surface area contributed by atoms with E-state index in [4.69, 9.17) is 4.74 Å². The van der Waals surface area contributed by atoms with Crippen molar-refractivity contribution in [1.82, 2.24) is 30.0 Å². The number of hydrogen-bond acceptors (Lipinski definition) is 8. The standard InChI is InChI=1S/C20H21F6N7O3/c21-19(22,23)12-8-27-18(28-9-12)32-3-1-31(2-4-32)16(34)10-33-5-6-36-11-15(33)14-7-13(20(24,25)26)17(35)30-29-14/h7-9,15H,1-6,10-11H2,(H,30,35). The SMILES string of the molecule is O=C(CN1CCOCC1c1cc(C(F)(F)F)c(=O)[nH]n1)N1CCN(c2ncc(C(F)(F)F)cn2)CC1. The lowest BCUT2D eigenvalue weighted by molar-refractivity contribution is -0.139. The number of ether oxygens (including phenoxy) is 1. The van der Waals surface area contributed by atoms with Crippen LogP contribution in [-0.2, 0) is 21.9 Å². The zero-order valence-corrected chi connectivity index (χ0v) is 18.6. The monoisotopic (exact) mass is 521 g/mol. The maximum atomic E-state index is 13.2. The number of alkyl halides is 6. The van der Waals surface area contributed by atoms with Crippen LogP contribution in [0.4, 0.5) is 32.3 Å². The number of piperazine rings is 1. The highest BCUT2D eigenvalue weighted by molar-refractivity contribution is 5.78. The van der Waals surface area contributed by atoms with Crippen LogP contribution in [0.1, 0.15) is 22.9 Å². The molecule has 2 aliphatic rings. The molecule has 4 rings (SSSR count). The van der Waals surface area contributed by atoms with E-state index in [0.717, 1.165) is 0 Å². The highest BCUT2D eigenvalue weighted by Crippen LogP contribution is 2.30. The second-order valence-electron chi connectivity index (χ2n) is 8.23. The van der Waals surface area contributed by atoms with Crippen LogP contribution in [0.25, 0.3) is 0 Å². The van der Waals surface area contributed by atoms with Gasteiger partial charge in [-0.05, 0) is 6.07 Å². The summed E-state index contributed by atoms with van der Waals surface area (Å²) in [4.78, 5) is 36.9. The van der Waals surface area contributed by atoms with Gasteiger partial charge in [0, 0.05) is 45.1 Å². The van der Waals surface area contributed by atoms with E-state index < -0.39 is 35.1 Å². The lowest BCUT2D eigenvalue weighted by atomic mass is 10.1. The van der Waals surface area contributed by atoms with Crippen LogP contribution in [-0.4, -0.2) is 88.4 Å². The van der Waals surface area contributed by atoms with Crippen molar-refractivity contribution < 1.29 is 35.9 Å². The van der Waals surface area contributed by atoms with Gasteiger partial charge in [0.15, 0.2) is 0 Å². The van der Waals surface area contributed by atoms with Crippen molar-refractivity contribution in [3.63, 3.8) is 0 Å². The highest BCUT2D eigenvalue weighted by Gasteiger charge is 2.37. The third-order valence-electron chi connectivity index (χ3n) is 5.93. The molecule has 36 heavy (non-hydrogen) atoms. The van der Waals surface area contributed by atoms with E-state index in [0.29, 0.717) is 31.5 Å². The molecule has 1 amide bonds. The molecule has 0 saturated carbocycles. The third-order valence-corrected chi connectivity index (χ3v) is 5.93. The average Bonchev–Trinajstić information content (AvgIpc) is 2.84. The molecule has 2 aromatic rings.